The third-order valence-electron chi connectivity index (χ3n) is 0.634. The topological polar surface area (TPSA) is 43.4 Å². The van der Waals surface area contributed by atoms with Gasteiger partial charge in [0, 0.05) is 6.42 Å². The molecule has 9 heavy (non-hydrogen) atoms. The number of hydrogen-bond acceptors (Lipinski definition) is 3. The Bertz CT molecular complexity index is 92.2. The normalized spacial score (nSPS) is 7.22. The molecule has 4 heteroatoms. The predicted octanol–water partition coefficient (Wildman–Crippen LogP) is -0.162. The number of carbonyl (C=O) groups is 2. The Balaban J connectivity index is 0. The molecule has 0 radical (unpaired) electrons. The number of rotatable bonds is 3. The maximum atomic E-state index is 10.2. The second-order valence-electron chi connectivity index (χ2n) is 1.34. The van der Waals surface area contributed by atoms with Gasteiger partial charge in [-0.3, -0.25) is 9.59 Å². The van der Waals surface area contributed by atoms with Crippen LogP contribution < -0.4 is 0 Å². The fourth-order valence-corrected chi connectivity index (χ4v) is 0.317. The first kappa shape index (κ1) is 11.9. The summed E-state index contributed by atoms with van der Waals surface area (Å²) in [6.07, 6.45) is 1.03. The second-order valence-corrected chi connectivity index (χ2v) is 1.34. The van der Waals surface area contributed by atoms with E-state index in [-0.39, 0.29) is 36.0 Å². The molecule has 0 amide bonds. The van der Waals surface area contributed by atoms with E-state index in [4.69, 9.17) is 0 Å². The molecular formula is C5H9NaO3. The average molecular weight is 140 g/mol. The van der Waals surface area contributed by atoms with Crippen molar-refractivity contribution in [2.45, 2.75) is 19.8 Å². The van der Waals surface area contributed by atoms with Crippen molar-refractivity contribution in [1.82, 2.24) is 0 Å². The van der Waals surface area contributed by atoms with Gasteiger partial charge in [-0.25, -0.2) is 0 Å². The zero-order valence-corrected chi connectivity index (χ0v) is 4.72. The Morgan fingerprint density at radius 2 is 2.22 bits per heavy atom. The van der Waals surface area contributed by atoms with Gasteiger partial charge in [0.1, 0.15) is 0 Å². The first-order chi connectivity index (χ1) is 3.81. The number of carbonyl (C=O) groups excluding carboxylic acids is 2. The molecule has 0 rings (SSSR count). The van der Waals surface area contributed by atoms with Crippen LogP contribution >= 0.6 is 0 Å². The first-order valence-electron chi connectivity index (χ1n) is 2.44. The van der Waals surface area contributed by atoms with Crippen LogP contribution in [0.2, 0.25) is 0 Å². The van der Waals surface area contributed by atoms with Crippen molar-refractivity contribution in [3.05, 3.63) is 0 Å². The maximum absolute atomic E-state index is 10.2. The Labute approximate surface area is 76.0 Å². The molecule has 0 atom stereocenters. The molecule has 0 heterocycles. The van der Waals surface area contributed by atoms with Crippen LogP contribution in [0.1, 0.15) is 19.8 Å². The van der Waals surface area contributed by atoms with Crippen LogP contribution in [-0.2, 0) is 14.3 Å². The van der Waals surface area contributed by atoms with Crippen molar-refractivity contribution >= 4 is 42.0 Å². The van der Waals surface area contributed by atoms with Crippen LogP contribution in [0, 0.1) is 0 Å². The van der Waals surface area contributed by atoms with Crippen LogP contribution in [0.5, 0.6) is 0 Å². The van der Waals surface area contributed by atoms with Crippen molar-refractivity contribution in [2.75, 3.05) is 0 Å². The molecule has 0 N–H and O–H groups in total. The molecule has 0 bridgehead atoms. The summed E-state index contributed by atoms with van der Waals surface area (Å²) in [4.78, 5) is 19.6. The van der Waals surface area contributed by atoms with Crippen LogP contribution in [0.25, 0.3) is 0 Å². The summed E-state index contributed by atoms with van der Waals surface area (Å²) in [5.41, 5.74) is 0. The number of hydrogen-bond donors (Lipinski definition) is 0. The van der Waals surface area contributed by atoms with E-state index in [0.717, 1.165) is 0 Å². The van der Waals surface area contributed by atoms with E-state index < -0.39 is 5.97 Å². The van der Waals surface area contributed by atoms with E-state index in [9.17, 15) is 9.59 Å². The van der Waals surface area contributed by atoms with E-state index in [1.54, 1.807) is 0 Å². The average Bonchev–Trinajstić information content (AvgIpc) is 1.68. The van der Waals surface area contributed by atoms with Gasteiger partial charge in [-0.15, -0.1) is 0 Å². The molecule has 0 aliphatic heterocycles. The molecule has 0 saturated heterocycles. The summed E-state index contributed by atoms with van der Waals surface area (Å²) >= 11 is 0. The van der Waals surface area contributed by atoms with Crippen LogP contribution in [0.15, 0.2) is 0 Å². The van der Waals surface area contributed by atoms with E-state index in [1.165, 1.54) is 0 Å². The SMILES string of the molecule is CCCC(=O)OC=O.[NaH]. The third-order valence-corrected chi connectivity index (χ3v) is 0.634. The van der Waals surface area contributed by atoms with Gasteiger partial charge < -0.3 is 4.74 Å². The van der Waals surface area contributed by atoms with E-state index in [1.807, 2.05) is 6.92 Å². The molecule has 48 valence electrons. The summed E-state index contributed by atoms with van der Waals surface area (Å²) in [6, 6.07) is 0. The molecular weight excluding hydrogens is 131 g/mol. The van der Waals surface area contributed by atoms with Gasteiger partial charge in [0.05, 0.1) is 0 Å². The minimum atomic E-state index is -0.456. The predicted molar refractivity (Wildman–Crippen MR) is 34.2 cm³/mol. The van der Waals surface area contributed by atoms with Crippen molar-refractivity contribution in [2.24, 2.45) is 0 Å². The Kier molecular flexibility index (Phi) is 10.7. The van der Waals surface area contributed by atoms with Gasteiger partial charge in [-0.05, 0) is 6.42 Å². The molecule has 0 unspecified atom stereocenters. The zero-order chi connectivity index (χ0) is 6.41. The molecule has 0 aromatic carbocycles. The standard InChI is InChI=1S/C5H8O3.Na.H/c1-2-3-5(7)8-4-6;;/h4H,2-3H2,1H3;;. The summed E-state index contributed by atoms with van der Waals surface area (Å²) in [7, 11) is 0. The van der Waals surface area contributed by atoms with Crippen molar-refractivity contribution < 1.29 is 14.3 Å². The minimum absolute atomic E-state index is 0. The Morgan fingerprint density at radius 3 is 2.56 bits per heavy atom. The summed E-state index contributed by atoms with van der Waals surface area (Å²) in [5.74, 6) is -0.456. The summed E-state index contributed by atoms with van der Waals surface area (Å²) in [5, 5.41) is 0. The van der Waals surface area contributed by atoms with Crippen molar-refractivity contribution in [3.63, 3.8) is 0 Å². The molecule has 0 spiro atoms. The van der Waals surface area contributed by atoms with E-state index in [0.29, 0.717) is 12.8 Å². The first-order valence-corrected chi connectivity index (χ1v) is 2.44. The van der Waals surface area contributed by atoms with Gasteiger partial charge in [0.25, 0.3) is 0 Å². The zero-order valence-electron chi connectivity index (χ0n) is 4.72. The molecule has 0 aliphatic rings. The van der Waals surface area contributed by atoms with Crippen molar-refractivity contribution in [3.8, 4) is 0 Å². The molecule has 3 nitrogen and oxygen atoms in total. The molecule has 0 saturated carbocycles. The number of ether oxygens (including phenoxy) is 1. The van der Waals surface area contributed by atoms with E-state index in [2.05, 4.69) is 4.74 Å². The quantitative estimate of drug-likeness (QED) is 0.237. The van der Waals surface area contributed by atoms with Crippen LogP contribution in [-0.4, -0.2) is 42.0 Å². The van der Waals surface area contributed by atoms with Gasteiger partial charge in [0.2, 0.25) is 0 Å². The summed E-state index contributed by atoms with van der Waals surface area (Å²) in [6.45, 7) is 1.99. The summed E-state index contributed by atoms with van der Waals surface area (Å²) < 4.78 is 3.96. The van der Waals surface area contributed by atoms with Gasteiger partial charge in [0.15, 0.2) is 0 Å². The molecule has 0 aliphatic carbocycles. The fraction of sp³-hybridized carbons (Fsp3) is 0.600. The molecule has 0 aromatic rings. The van der Waals surface area contributed by atoms with E-state index >= 15 is 0 Å². The fourth-order valence-electron chi connectivity index (χ4n) is 0.317. The molecule has 0 aromatic heterocycles. The Hall–Kier alpha value is 0.140. The van der Waals surface area contributed by atoms with Crippen LogP contribution in [0.4, 0.5) is 0 Å². The monoisotopic (exact) mass is 140 g/mol. The van der Waals surface area contributed by atoms with Gasteiger partial charge in [-0.1, -0.05) is 6.92 Å². The Morgan fingerprint density at radius 1 is 1.67 bits per heavy atom. The third kappa shape index (κ3) is 8.14. The molecule has 0 fully saturated rings. The van der Waals surface area contributed by atoms with Gasteiger partial charge in [-0.2, -0.15) is 0 Å². The van der Waals surface area contributed by atoms with Crippen LogP contribution in [0.3, 0.4) is 0 Å². The van der Waals surface area contributed by atoms with Gasteiger partial charge >= 0.3 is 42.0 Å². The number of esters is 1. The van der Waals surface area contributed by atoms with Crippen molar-refractivity contribution in [1.29, 1.82) is 0 Å². The second kappa shape index (κ2) is 8.14.